The zero-order valence-corrected chi connectivity index (χ0v) is 36.7. The second-order valence-electron chi connectivity index (χ2n) is 17.0. The molecule has 0 N–H and O–H groups in total. The van der Waals surface area contributed by atoms with Gasteiger partial charge in [-0.05, 0) is 78.9 Å². The first-order valence-electron chi connectivity index (χ1n) is 22.6. The topological polar surface area (TPSA) is 75.1 Å². The van der Waals surface area contributed by atoms with E-state index in [0.717, 1.165) is 82.7 Å². The van der Waals surface area contributed by atoms with Crippen LogP contribution < -0.4 is 15.7 Å². The van der Waals surface area contributed by atoms with Gasteiger partial charge >= 0.3 is 6.85 Å². The van der Waals surface area contributed by atoms with Crippen LogP contribution in [0.3, 0.4) is 0 Å². The quantitative estimate of drug-likeness (QED) is 0.113. The van der Waals surface area contributed by atoms with E-state index in [4.69, 9.17) is 24.6 Å². The van der Waals surface area contributed by atoms with E-state index in [1.807, 2.05) is 37.3 Å². The van der Waals surface area contributed by atoms with Gasteiger partial charge in [0.15, 0.2) is 5.82 Å². The Bertz CT molecular complexity index is 3840. The maximum Gasteiger partial charge on any atom is 0.352 e. The molecule has 0 fully saturated rings. The Morgan fingerprint density at radius 1 is 0.463 bits per heavy atom. The molecule has 5 heterocycles. The molecule has 0 amide bonds. The molecule has 0 aliphatic carbocycles. The smallest absolute Gasteiger partial charge is 0.352 e. The number of nitrogens with zero attached hydrogens (tertiary/aromatic N) is 7. The predicted molar refractivity (Wildman–Crippen MR) is 276 cm³/mol. The van der Waals surface area contributed by atoms with E-state index in [2.05, 4.69) is 197 Å². The van der Waals surface area contributed by atoms with Crippen LogP contribution in [0.2, 0.25) is 0 Å². The molecule has 1 aliphatic heterocycles. The van der Waals surface area contributed by atoms with Gasteiger partial charge in [-0.25, -0.2) is 0 Å². The average Bonchev–Trinajstić information content (AvgIpc) is 4.02. The number of benzene rings is 8. The molecule has 0 atom stereocenters. The zero-order valence-electron chi connectivity index (χ0n) is 36.7. The molecule has 67 heavy (non-hydrogen) atoms. The summed E-state index contributed by atoms with van der Waals surface area (Å²) in [6, 6.07) is 63.3. The third-order valence-corrected chi connectivity index (χ3v) is 13.1. The van der Waals surface area contributed by atoms with Crippen LogP contribution in [0.1, 0.15) is 12.5 Å². The lowest BCUT2D eigenvalue weighted by atomic mass is 9.50. The Balaban J connectivity index is 1.12. The maximum atomic E-state index is 7.28. The fourth-order valence-corrected chi connectivity index (χ4v) is 10.2. The maximum absolute atomic E-state index is 7.28. The van der Waals surface area contributed by atoms with Crippen molar-refractivity contribution in [3.63, 3.8) is 0 Å². The lowest BCUT2D eigenvalue weighted by molar-refractivity contribution is 0.484. The second-order valence-corrected chi connectivity index (χ2v) is 17.0. The van der Waals surface area contributed by atoms with Crippen molar-refractivity contribution in [2.75, 3.05) is 0 Å². The van der Waals surface area contributed by atoms with Gasteiger partial charge in [0.05, 0.1) is 38.7 Å². The molecule has 4 aromatic heterocycles. The van der Waals surface area contributed by atoms with Crippen molar-refractivity contribution >= 4 is 89.0 Å². The number of allylic oxidation sites excluding steroid dienone is 4. The van der Waals surface area contributed by atoms with Crippen molar-refractivity contribution in [3.8, 4) is 34.8 Å². The van der Waals surface area contributed by atoms with Gasteiger partial charge in [-0.1, -0.05) is 158 Å². The Labute approximate surface area is 386 Å². The molecular weight excluding hydrogens is 821 g/mol. The number of aromatic nitrogens is 6. The third kappa shape index (κ3) is 6.01. The molecule has 8 aromatic carbocycles. The van der Waals surface area contributed by atoms with Crippen LogP contribution in [0.25, 0.3) is 88.7 Å². The van der Waals surface area contributed by atoms with Crippen molar-refractivity contribution in [1.29, 1.82) is 0 Å². The van der Waals surface area contributed by atoms with Gasteiger partial charge in [0, 0.05) is 32.3 Å². The Morgan fingerprint density at radius 3 is 1.51 bits per heavy atom. The fourth-order valence-electron chi connectivity index (χ4n) is 10.2. The molecular formula is C58H40BN7O. The number of hydrogen-bond donors (Lipinski definition) is 0. The summed E-state index contributed by atoms with van der Waals surface area (Å²) < 4.78 is 13.9. The number of fused-ring (bicyclic) bond motifs is 9. The molecule has 0 bridgehead atoms. The lowest BCUT2D eigenvalue weighted by Gasteiger charge is -2.24. The molecule has 9 heteroatoms. The molecule has 1 aliphatic rings. The van der Waals surface area contributed by atoms with E-state index in [0.29, 0.717) is 29.0 Å². The summed E-state index contributed by atoms with van der Waals surface area (Å²) in [4.78, 5) is 22.0. The summed E-state index contributed by atoms with van der Waals surface area (Å²) in [5.41, 5.74) is 9.91. The van der Waals surface area contributed by atoms with Crippen molar-refractivity contribution in [2.45, 2.75) is 13.8 Å². The number of para-hydroxylation sites is 8. The predicted octanol–water partition coefficient (Wildman–Crippen LogP) is 12.4. The molecule has 8 nitrogen and oxygen atoms in total. The van der Waals surface area contributed by atoms with Crippen LogP contribution >= 0.6 is 0 Å². The summed E-state index contributed by atoms with van der Waals surface area (Å²) in [6.07, 6.45) is 8.23. The van der Waals surface area contributed by atoms with Gasteiger partial charge in [0.1, 0.15) is 17.3 Å². The second kappa shape index (κ2) is 15.4. The van der Waals surface area contributed by atoms with Gasteiger partial charge < -0.3 is 9.64 Å². The van der Waals surface area contributed by atoms with E-state index in [-0.39, 0.29) is 0 Å². The Kier molecular flexibility index (Phi) is 8.89. The summed E-state index contributed by atoms with van der Waals surface area (Å²) in [7, 11) is 0. The van der Waals surface area contributed by atoms with Crippen LogP contribution in [-0.4, -0.2) is 41.3 Å². The first-order valence-corrected chi connectivity index (χ1v) is 22.6. The highest BCUT2D eigenvalue weighted by Crippen LogP contribution is 2.38. The number of rotatable bonds is 8. The molecule has 13 rings (SSSR count). The van der Waals surface area contributed by atoms with Crippen LogP contribution in [-0.2, 0) is 0 Å². The minimum absolute atomic E-state index is 0.444. The van der Waals surface area contributed by atoms with E-state index >= 15 is 0 Å². The Morgan fingerprint density at radius 2 is 0.940 bits per heavy atom. The van der Waals surface area contributed by atoms with Gasteiger partial charge in [-0.15, -0.1) is 0 Å². The van der Waals surface area contributed by atoms with Crippen LogP contribution in [0.4, 0.5) is 0 Å². The van der Waals surface area contributed by atoms with Crippen molar-refractivity contribution < 1.29 is 4.74 Å². The highest BCUT2D eigenvalue weighted by molar-refractivity contribution is 6.87. The summed E-state index contributed by atoms with van der Waals surface area (Å²) in [5, 5.41) is 6.81. The zero-order chi connectivity index (χ0) is 44.6. The normalized spacial score (nSPS) is 12.9. The minimum atomic E-state index is -0.444. The van der Waals surface area contributed by atoms with E-state index in [1.165, 1.54) is 10.8 Å². The highest BCUT2D eigenvalue weighted by Gasteiger charge is 2.34. The number of ether oxygens (including phenoxy) is 1. The molecule has 0 spiro atoms. The van der Waals surface area contributed by atoms with Gasteiger partial charge in [0.25, 0.3) is 0 Å². The van der Waals surface area contributed by atoms with Gasteiger partial charge in [-0.3, -0.25) is 13.7 Å². The van der Waals surface area contributed by atoms with Crippen molar-refractivity contribution in [1.82, 2.24) is 28.7 Å². The molecule has 0 unspecified atom stereocenters. The third-order valence-electron chi connectivity index (χ3n) is 13.1. The van der Waals surface area contributed by atoms with Crippen molar-refractivity contribution in [2.24, 2.45) is 4.90 Å². The van der Waals surface area contributed by atoms with Crippen LogP contribution in [0, 0.1) is 6.92 Å². The first kappa shape index (κ1) is 38.6. The average molecular weight is 862 g/mol. The lowest BCUT2D eigenvalue weighted by Crippen LogP contribution is -2.46. The molecule has 12 aromatic rings. The van der Waals surface area contributed by atoms with E-state index < -0.39 is 6.85 Å². The van der Waals surface area contributed by atoms with Crippen molar-refractivity contribution in [3.05, 3.63) is 212 Å². The molecule has 0 radical (unpaired) electrons. The summed E-state index contributed by atoms with van der Waals surface area (Å²) in [5.74, 6) is 3.64. The fraction of sp³-hybridized carbons (Fsp3) is 0.0345. The standard InChI is InChI=1S/C58H40BN7O/c1-3-4-5-36-53-63-59(45-28-18-26-43-42-25-11-16-34-51(42)66(53)54(43)45)46-29-19-27-44(55(46)67-52-35-17-6-20-37(52)2)56-60-57(64-47-30-12-7-21-38(47)39-22-8-13-31-48(39)64)62-58(61-56)65-49-32-14-9-23-40(49)41-24-10-15-33-50(41)65/h3-36H,1-2H3/b4-3-,36-5-. The van der Waals surface area contributed by atoms with E-state index in [9.17, 15) is 0 Å². The van der Waals surface area contributed by atoms with Gasteiger partial charge in [0.2, 0.25) is 11.9 Å². The van der Waals surface area contributed by atoms with Crippen LogP contribution in [0.15, 0.2) is 211 Å². The molecule has 0 saturated carbocycles. The first-order chi connectivity index (χ1) is 33.1. The number of hydrogen-bond acceptors (Lipinski definition) is 5. The SMILES string of the molecule is C/C=C\C=C/C1=NB(c2cccc(-c3nc(-n4c5ccccc5c5ccccc54)nc(-n4c5ccccc5c5ccccc54)n3)c2Oc2ccccc2C)c2cccc3c4ccccc4n1c23. The highest BCUT2D eigenvalue weighted by atomic mass is 16.5. The van der Waals surface area contributed by atoms with Gasteiger partial charge in [-0.2, -0.15) is 15.0 Å². The van der Waals surface area contributed by atoms with E-state index in [1.54, 1.807) is 0 Å². The monoisotopic (exact) mass is 861 g/mol. The Hall–Kier alpha value is -8.82. The largest absolute Gasteiger partial charge is 0.457 e. The molecule has 0 saturated heterocycles. The number of aryl methyl sites for hydroxylation is 1. The molecule has 316 valence electrons. The van der Waals surface area contributed by atoms with Crippen LogP contribution in [0.5, 0.6) is 11.5 Å². The summed E-state index contributed by atoms with van der Waals surface area (Å²) in [6.45, 7) is 3.65. The minimum Gasteiger partial charge on any atom is -0.457 e. The summed E-state index contributed by atoms with van der Waals surface area (Å²) >= 11 is 0.